The van der Waals surface area contributed by atoms with E-state index in [1.807, 2.05) is 0 Å². The summed E-state index contributed by atoms with van der Waals surface area (Å²) in [6, 6.07) is 7.44. The number of aromatic nitrogens is 1. The second-order valence-electron chi connectivity index (χ2n) is 4.70. The molecule has 0 spiro atoms. The molecule has 0 radical (unpaired) electrons. The van der Waals surface area contributed by atoms with Crippen LogP contribution in [-0.4, -0.2) is 17.6 Å². The number of amidine groups is 1. The maximum absolute atomic E-state index is 14.1. The molecular weight excluding hydrogens is 309 g/mol. The van der Waals surface area contributed by atoms with Crippen molar-refractivity contribution in [2.75, 3.05) is 6.61 Å². The van der Waals surface area contributed by atoms with Gasteiger partial charge in [0.05, 0.1) is 12.6 Å². The molecule has 3 rings (SSSR count). The van der Waals surface area contributed by atoms with Crippen molar-refractivity contribution in [2.24, 2.45) is 10.7 Å². The molecule has 0 bridgehead atoms. The predicted octanol–water partition coefficient (Wildman–Crippen LogP) is 3.44. The summed E-state index contributed by atoms with van der Waals surface area (Å²) in [7, 11) is 0. The average Bonchev–Trinajstić information content (AvgIpc) is 2.51. The van der Waals surface area contributed by atoms with Gasteiger partial charge >= 0.3 is 0 Å². The average molecular weight is 322 g/mol. The summed E-state index contributed by atoms with van der Waals surface area (Å²) < 4.78 is 24.7. The lowest BCUT2D eigenvalue weighted by molar-refractivity contribution is 0.254. The summed E-state index contributed by atoms with van der Waals surface area (Å²) in [5.41, 5.74) is 5.94. The van der Waals surface area contributed by atoms with Crippen molar-refractivity contribution in [1.29, 1.82) is 0 Å². The van der Waals surface area contributed by atoms with Gasteiger partial charge in [0.2, 0.25) is 5.88 Å². The van der Waals surface area contributed by atoms with E-state index in [0.29, 0.717) is 29.4 Å². The van der Waals surface area contributed by atoms with Crippen molar-refractivity contribution < 1.29 is 13.9 Å². The van der Waals surface area contributed by atoms with Crippen LogP contribution in [0.25, 0.3) is 0 Å². The fraction of sp³-hybridized carbons (Fsp3) is 0.200. The molecule has 2 heterocycles. The Labute approximate surface area is 131 Å². The minimum atomic E-state index is -0.392. The molecule has 114 valence electrons. The number of benzene rings is 1. The van der Waals surface area contributed by atoms with Gasteiger partial charge in [-0.15, -0.1) is 0 Å². The lowest BCUT2D eigenvalue weighted by Crippen LogP contribution is -2.24. The first-order valence-electron chi connectivity index (χ1n) is 6.67. The molecule has 0 saturated heterocycles. The number of rotatable bonds is 3. The van der Waals surface area contributed by atoms with Gasteiger partial charge in [0, 0.05) is 18.2 Å². The zero-order valence-electron chi connectivity index (χ0n) is 11.5. The highest BCUT2D eigenvalue weighted by atomic mass is 35.5. The van der Waals surface area contributed by atoms with E-state index in [1.54, 1.807) is 24.4 Å². The lowest BCUT2D eigenvalue weighted by Gasteiger charge is -2.20. The van der Waals surface area contributed by atoms with Crippen LogP contribution in [-0.2, 0) is 4.74 Å². The van der Waals surface area contributed by atoms with Crippen LogP contribution in [0.2, 0.25) is 5.02 Å². The Kier molecular flexibility index (Phi) is 4.11. The van der Waals surface area contributed by atoms with Crippen LogP contribution in [0, 0.1) is 5.82 Å². The number of halogens is 2. The van der Waals surface area contributed by atoms with Crippen LogP contribution in [0.5, 0.6) is 11.6 Å². The summed E-state index contributed by atoms with van der Waals surface area (Å²) >= 11 is 6.00. The Bertz CT molecular complexity index is 724. The highest BCUT2D eigenvalue weighted by Gasteiger charge is 2.20. The maximum atomic E-state index is 14.1. The van der Waals surface area contributed by atoms with Crippen LogP contribution in [0.4, 0.5) is 4.39 Å². The molecule has 2 aromatic rings. The van der Waals surface area contributed by atoms with E-state index in [2.05, 4.69) is 9.98 Å². The van der Waals surface area contributed by atoms with Gasteiger partial charge in [-0.1, -0.05) is 11.6 Å². The topological polar surface area (TPSA) is 69.7 Å². The van der Waals surface area contributed by atoms with Crippen LogP contribution in [0.1, 0.15) is 18.0 Å². The standard InChI is InChI=1S/C15H13ClFN3O2/c16-11-2-1-6-19-14(11)22-9-3-4-12(17)10(8-9)13-5-7-21-15(18)20-13/h1-4,6,8,13H,5,7H2,(H2,18,20)/t13-/m0/s1. The van der Waals surface area contributed by atoms with Crippen molar-refractivity contribution in [3.63, 3.8) is 0 Å². The summed E-state index contributed by atoms with van der Waals surface area (Å²) in [5, 5.41) is 0.377. The quantitative estimate of drug-likeness (QED) is 0.940. The Morgan fingerprint density at radius 2 is 2.23 bits per heavy atom. The van der Waals surface area contributed by atoms with Gasteiger partial charge in [-0.3, -0.25) is 0 Å². The first kappa shape index (κ1) is 14.6. The summed E-state index contributed by atoms with van der Waals surface area (Å²) in [6.45, 7) is 0.399. The Morgan fingerprint density at radius 3 is 3.00 bits per heavy atom. The Balaban J connectivity index is 1.90. The molecule has 1 aromatic heterocycles. The van der Waals surface area contributed by atoms with E-state index in [-0.39, 0.29) is 17.7 Å². The van der Waals surface area contributed by atoms with Gasteiger partial charge in [0.25, 0.3) is 6.02 Å². The van der Waals surface area contributed by atoms with Crippen molar-refractivity contribution in [3.05, 3.63) is 52.9 Å². The van der Waals surface area contributed by atoms with Crippen LogP contribution in [0.15, 0.2) is 41.5 Å². The largest absolute Gasteiger partial charge is 0.465 e. The van der Waals surface area contributed by atoms with E-state index in [0.717, 1.165) is 0 Å². The Hall–Kier alpha value is -2.34. The highest BCUT2D eigenvalue weighted by Crippen LogP contribution is 2.32. The maximum Gasteiger partial charge on any atom is 0.282 e. The molecule has 22 heavy (non-hydrogen) atoms. The third-order valence-corrected chi connectivity index (χ3v) is 3.48. The van der Waals surface area contributed by atoms with Crippen LogP contribution >= 0.6 is 11.6 Å². The van der Waals surface area contributed by atoms with Crippen molar-refractivity contribution in [1.82, 2.24) is 4.98 Å². The zero-order chi connectivity index (χ0) is 15.5. The van der Waals surface area contributed by atoms with Gasteiger partial charge in [-0.2, -0.15) is 0 Å². The number of pyridine rings is 1. The number of aliphatic imine (C=N–C) groups is 1. The number of nitrogens with two attached hydrogens (primary N) is 1. The summed E-state index contributed by atoms with van der Waals surface area (Å²) in [4.78, 5) is 8.15. The fourth-order valence-corrected chi connectivity index (χ4v) is 2.31. The van der Waals surface area contributed by atoms with Crippen LogP contribution in [0.3, 0.4) is 0 Å². The Morgan fingerprint density at radius 1 is 1.36 bits per heavy atom. The monoisotopic (exact) mass is 321 g/mol. The van der Waals surface area contributed by atoms with Gasteiger partial charge in [-0.05, 0) is 30.3 Å². The highest BCUT2D eigenvalue weighted by molar-refractivity contribution is 6.31. The molecule has 1 aliphatic rings. The van der Waals surface area contributed by atoms with E-state index >= 15 is 0 Å². The lowest BCUT2D eigenvalue weighted by atomic mass is 10.0. The van der Waals surface area contributed by atoms with Gasteiger partial charge in [-0.25, -0.2) is 14.4 Å². The first-order valence-corrected chi connectivity index (χ1v) is 7.05. The third kappa shape index (κ3) is 3.12. The minimum Gasteiger partial charge on any atom is -0.465 e. The zero-order valence-corrected chi connectivity index (χ0v) is 12.3. The van der Waals surface area contributed by atoms with Crippen molar-refractivity contribution >= 4 is 17.6 Å². The second-order valence-corrected chi connectivity index (χ2v) is 5.10. The molecule has 0 fully saturated rings. The van der Waals surface area contributed by atoms with E-state index in [1.165, 1.54) is 12.1 Å². The first-order chi connectivity index (χ1) is 10.6. The van der Waals surface area contributed by atoms with E-state index in [9.17, 15) is 4.39 Å². The molecule has 0 aliphatic carbocycles. The number of ether oxygens (including phenoxy) is 2. The second kappa shape index (κ2) is 6.19. The van der Waals surface area contributed by atoms with Gasteiger partial charge in [0.15, 0.2) is 0 Å². The molecule has 5 nitrogen and oxygen atoms in total. The van der Waals surface area contributed by atoms with Gasteiger partial charge < -0.3 is 15.2 Å². The molecule has 1 aromatic carbocycles. The molecule has 0 unspecified atom stereocenters. The fourth-order valence-electron chi connectivity index (χ4n) is 2.15. The molecule has 7 heteroatoms. The summed E-state index contributed by atoms with van der Waals surface area (Å²) in [6.07, 6.45) is 2.11. The smallest absolute Gasteiger partial charge is 0.282 e. The van der Waals surface area contributed by atoms with Crippen molar-refractivity contribution in [3.8, 4) is 11.6 Å². The number of nitrogens with zero attached hydrogens (tertiary/aromatic N) is 2. The molecular formula is C15H13ClFN3O2. The molecule has 2 N–H and O–H groups in total. The van der Waals surface area contributed by atoms with E-state index in [4.69, 9.17) is 26.8 Å². The van der Waals surface area contributed by atoms with Crippen LogP contribution < -0.4 is 10.5 Å². The van der Waals surface area contributed by atoms with Crippen molar-refractivity contribution in [2.45, 2.75) is 12.5 Å². The number of hydrogen-bond donors (Lipinski definition) is 1. The molecule has 1 atom stereocenters. The minimum absolute atomic E-state index is 0.0646. The molecule has 0 amide bonds. The van der Waals surface area contributed by atoms with E-state index < -0.39 is 6.04 Å². The normalized spacial score (nSPS) is 17.5. The molecule has 1 aliphatic heterocycles. The third-order valence-electron chi connectivity index (χ3n) is 3.19. The SMILES string of the molecule is NC1=N[C@H](c2cc(Oc3ncccc3Cl)ccc2F)CCO1. The predicted molar refractivity (Wildman–Crippen MR) is 80.7 cm³/mol. The number of hydrogen-bond acceptors (Lipinski definition) is 5. The summed E-state index contributed by atoms with van der Waals surface area (Å²) in [5.74, 6) is 0.317. The molecule has 0 saturated carbocycles. The van der Waals surface area contributed by atoms with Gasteiger partial charge in [0.1, 0.15) is 16.6 Å².